The number of hydrogen-bond acceptors (Lipinski definition) is 5. The lowest BCUT2D eigenvalue weighted by atomic mass is 10.2. The molecule has 0 saturated heterocycles. The van der Waals surface area contributed by atoms with E-state index in [0.29, 0.717) is 18.9 Å². The molecular formula is C14H18N2O2S. The molecule has 102 valence electrons. The molecule has 0 atom stereocenters. The van der Waals surface area contributed by atoms with E-state index in [4.69, 9.17) is 4.74 Å². The van der Waals surface area contributed by atoms with Crippen LogP contribution in [-0.2, 0) is 13.1 Å². The normalized spacial score (nSPS) is 10.6. The number of ether oxygens (including phenoxy) is 1. The van der Waals surface area contributed by atoms with Gasteiger partial charge in [-0.1, -0.05) is 12.1 Å². The summed E-state index contributed by atoms with van der Waals surface area (Å²) in [5, 5.41) is 14.4. The summed E-state index contributed by atoms with van der Waals surface area (Å²) in [5.74, 6) is 0.757. The van der Waals surface area contributed by atoms with Gasteiger partial charge in [-0.2, -0.15) is 0 Å². The maximum Gasteiger partial charge on any atom is 0.162 e. The van der Waals surface area contributed by atoms with Gasteiger partial charge in [-0.05, 0) is 19.9 Å². The molecule has 0 spiro atoms. The Balaban J connectivity index is 1.94. The van der Waals surface area contributed by atoms with Crippen molar-refractivity contribution < 1.29 is 9.84 Å². The largest absolute Gasteiger partial charge is 0.504 e. The molecule has 0 aliphatic heterocycles. The summed E-state index contributed by atoms with van der Waals surface area (Å²) in [4.78, 5) is 5.40. The second-order valence-corrected chi connectivity index (χ2v) is 5.47. The number of hydrogen-bond donors (Lipinski definition) is 2. The number of aromatic nitrogens is 1. The molecule has 19 heavy (non-hydrogen) atoms. The van der Waals surface area contributed by atoms with Crippen molar-refractivity contribution >= 4 is 11.3 Å². The van der Waals surface area contributed by atoms with Crippen LogP contribution in [0.4, 0.5) is 0 Å². The maximum absolute atomic E-state index is 10.0. The summed E-state index contributed by atoms with van der Waals surface area (Å²) in [6.07, 6.45) is 1.88. The van der Waals surface area contributed by atoms with Crippen LogP contribution in [0.1, 0.15) is 22.4 Å². The van der Waals surface area contributed by atoms with E-state index in [1.54, 1.807) is 17.4 Å². The summed E-state index contributed by atoms with van der Waals surface area (Å²) in [6, 6.07) is 5.55. The third kappa shape index (κ3) is 3.68. The molecule has 2 aromatic rings. The van der Waals surface area contributed by atoms with Crippen LogP contribution in [0.2, 0.25) is 0 Å². The van der Waals surface area contributed by atoms with Crippen LogP contribution in [0, 0.1) is 6.92 Å². The van der Waals surface area contributed by atoms with Crippen molar-refractivity contribution in [1.82, 2.24) is 10.3 Å². The first kappa shape index (κ1) is 13.8. The zero-order chi connectivity index (χ0) is 13.7. The highest BCUT2D eigenvalue weighted by atomic mass is 32.1. The van der Waals surface area contributed by atoms with Gasteiger partial charge in [-0.3, -0.25) is 0 Å². The number of aromatic hydroxyl groups is 1. The Morgan fingerprint density at radius 1 is 1.37 bits per heavy atom. The zero-order valence-corrected chi connectivity index (χ0v) is 12.0. The quantitative estimate of drug-likeness (QED) is 0.853. The molecule has 0 radical (unpaired) electrons. The van der Waals surface area contributed by atoms with Gasteiger partial charge in [0.25, 0.3) is 0 Å². The maximum atomic E-state index is 10.0. The number of nitrogens with zero attached hydrogens (tertiary/aromatic N) is 1. The van der Waals surface area contributed by atoms with E-state index < -0.39 is 0 Å². The Bertz CT molecular complexity index is 540. The van der Waals surface area contributed by atoms with Crippen molar-refractivity contribution in [2.45, 2.75) is 26.9 Å². The second-order valence-electron chi connectivity index (χ2n) is 4.15. The minimum absolute atomic E-state index is 0.220. The van der Waals surface area contributed by atoms with Crippen LogP contribution >= 0.6 is 11.3 Å². The number of para-hydroxylation sites is 1. The highest BCUT2D eigenvalue weighted by Gasteiger charge is 2.07. The van der Waals surface area contributed by atoms with Crippen molar-refractivity contribution in [3.8, 4) is 11.5 Å². The van der Waals surface area contributed by atoms with E-state index in [1.807, 2.05) is 32.2 Å². The van der Waals surface area contributed by atoms with Crippen LogP contribution in [0.3, 0.4) is 0 Å². The van der Waals surface area contributed by atoms with E-state index in [1.165, 1.54) is 4.88 Å². The Kier molecular flexibility index (Phi) is 4.76. The number of rotatable bonds is 6. The number of thiazole rings is 1. The lowest BCUT2D eigenvalue weighted by Gasteiger charge is -2.10. The van der Waals surface area contributed by atoms with Gasteiger partial charge in [0, 0.05) is 29.7 Å². The topological polar surface area (TPSA) is 54.4 Å². The molecule has 0 amide bonds. The molecule has 1 aromatic heterocycles. The molecule has 0 bridgehead atoms. The fraction of sp³-hybridized carbons (Fsp3) is 0.357. The lowest BCUT2D eigenvalue weighted by Crippen LogP contribution is -2.12. The SMILES string of the molecule is CCOc1cccc(CNCc2cnc(C)s2)c1O. The van der Waals surface area contributed by atoms with Gasteiger partial charge in [-0.25, -0.2) is 4.98 Å². The molecule has 0 aliphatic rings. The molecular weight excluding hydrogens is 260 g/mol. The Morgan fingerprint density at radius 3 is 2.89 bits per heavy atom. The van der Waals surface area contributed by atoms with Crippen LogP contribution in [-0.4, -0.2) is 16.7 Å². The summed E-state index contributed by atoms with van der Waals surface area (Å²) in [6.45, 7) is 5.79. The first-order valence-electron chi connectivity index (χ1n) is 6.26. The monoisotopic (exact) mass is 278 g/mol. The predicted octanol–water partition coefficient (Wildman–Crippen LogP) is 2.85. The van der Waals surface area contributed by atoms with Crippen molar-refractivity contribution in [2.75, 3.05) is 6.61 Å². The van der Waals surface area contributed by atoms with E-state index in [2.05, 4.69) is 10.3 Å². The number of phenolic OH excluding ortho intramolecular Hbond substituents is 1. The smallest absolute Gasteiger partial charge is 0.162 e. The standard InChI is InChI=1S/C14H18N2O2S/c1-3-18-13-6-4-5-11(14(13)17)7-15-8-12-9-16-10(2)19-12/h4-6,9,15,17H,3,7-8H2,1-2H3. The average molecular weight is 278 g/mol. The molecule has 2 rings (SSSR count). The van der Waals surface area contributed by atoms with Gasteiger partial charge >= 0.3 is 0 Å². The molecule has 2 N–H and O–H groups in total. The van der Waals surface area contributed by atoms with E-state index in [-0.39, 0.29) is 5.75 Å². The molecule has 0 saturated carbocycles. The van der Waals surface area contributed by atoms with Crippen LogP contribution in [0.5, 0.6) is 11.5 Å². The lowest BCUT2D eigenvalue weighted by molar-refractivity contribution is 0.316. The Hall–Kier alpha value is -1.59. The molecule has 5 heteroatoms. The molecule has 0 fully saturated rings. The van der Waals surface area contributed by atoms with Gasteiger partial charge in [0.1, 0.15) is 0 Å². The van der Waals surface area contributed by atoms with Crippen LogP contribution in [0.25, 0.3) is 0 Å². The van der Waals surface area contributed by atoms with Crippen molar-refractivity contribution in [1.29, 1.82) is 0 Å². The molecule has 0 aliphatic carbocycles. The molecule has 4 nitrogen and oxygen atoms in total. The predicted molar refractivity (Wildman–Crippen MR) is 76.7 cm³/mol. The fourth-order valence-corrected chi connectivity index (χ4v) is 2.55. The van der Waals surface area contributed by atoms with E-state index >= 15 is 0 Å². The molecule has 1 aromatic carbocycles. The van der Waals surface area contributed by atoms with Crippen molar-refractivity contribution in [3.63, 3.8) is 0 Å². The van der Waals surface area contributed by atoms with Gasteiger partial charge in [0.2, 0.25) is 0 Å². The Morgan fingerprint density at radius 2 is 2.21 bits per heavy atom. The molecule has 0 unspecified atom stereocenters. The van der Waals surface area contributed by atoms with Crippen LogP contribution in [0.15, 0.2) is 24.4 Å². The van der Waals surface area contributed by atoms with E-state index in [9.17, 15) is 5.11 Å². The number of phenols is 1. The van der Waals surface area contributed by atoms with Crippen molar-refractivity contribution in [2.24, 2.45) is 0 Å². The third-order valence-corrected chi connectivity index (χ3v) is 3.58. The molecule has 1 heterocycles. The van der Waals surface area contributed by atoms with Gasteiger partial charge in [-0.15, -0.1) is 11.3 Å². The van der Waals surface area contributed by atoms with Crippen molar-refractivity contribution in [3.05, 3.63) is 39.8 Å². The third-order valence-electron chi connectivity index (χ3n) is 2.67. The Labute approximate surface area is 117 Å². The zero-order valence-electron chi connectivity index (χ0n) is 11.1. The number of benzene rings is 1. The van der Waals surface area contributed by atoms with Gasteiger partial charge in [0.05, 0.1) is 11.6 Å². The average Bonchev–Trinajstić information content (AvgIpc) is 2.80. The first-order valence-corrected chi connectivity index (χ1v) is 7.08. The summed E-state index contributed by atoms with van der Waals surface area (Å²) >= 11 is 1.68. The number of nitrogens with one attached hydrogen (secondary N) is 1. The van der Waals surface area contributed by atoms with Gasteiger partial charge in [0.15, 0.2) is 11.5 Å². The minimum atomic E-state index is 0.220. The summed E-state index contributed by atoms with van der Waals surface area (Å²) in [7, 11) is 0. The fourth-order valence-electron chi connectivity index (χ4n) is 1.79. The highest BCUT2D eigenvalue weighted by molar-refractivity contribution is 7.11. The number of aryl methyl sites for hydroxylation is 1. The first-order chi connectivity index (χ1) is 9.20. The summed E-state index contributed by atoms with van der Waals surface area (Å²) < 4.78 is 5.36. The minimum Gasteiger partial charge on any atom is -0.504 e. The van der Waals surface area contributed by atoms with Gasteiger partial charge < -0.3 is 15.2 Å². The second kappa shape index (κ2) is 6.54. The van der Waals surface area contributed by atoms with Crippen LogP contribution < -0.4 is 10.1 Å². The highest BCUT2D eigenvalue weighted by Crippen LogP contribution is 2.29. The summed E-state index contributed by atoms with van der Waals surface area (Å²) in [5.41, 5.74) is 0.840. The van der Waals surface area contributed by atoms with E-state index in [0.717, 1.165) is 17.1 Å².